The zero-order valence-electron chi connectivity index (χ0n) is 18.1. The third-order valence-electron chi connectivity index (χ3n) is 6.94. The number of hydrogen-bond acceptors (Lipinski definition) is 3. The number of Topliss-reactive ketones (excluding diaryl/α,β-unsaturated/α-hetero) is 1. The molecule has 5 rings (SSSR count). The molecule has 0 bridgehead atoms. The average molecular weight is 425 g/mol. The second-order valence-corrected chi connectivity index (χ2v) is 9.05. The molecule has 0 N–H and O–H groups in total. The Bertz CT molecular complexity index is 1060. The number of carbonyl (C=O) groups excluding carboxylic acids is 2. The lowest BCUT2D eigenvalue weighted by atomic mass is 9.77. The first-order valence-corrected chi connectivity index (χ1v) is 11.6. The van der Waals surface area contributed by atoms with Gasteiger partial charge in [-0.3, -0.25) is 9.59 Å². The summed E-state index contributed by atoms with van der Waals surface area (Å²) < 4.78 is 5.88. The van der Waals surface area contributed by atoms with E-state index >= 15 is 0 Å². The highest BCUT2D eigenvalue weighted by Gasteiger charge is 2.54. The summed E-state index contributed by atoms with van der Waals surface area (Å²) in [4.78, 5) is 26.9. The van der Waals surface area contributed by atoms with Crippen LogP contribution in [0.5, 0.6) is 0 Å². The van der Waals surface area contributed by atoms with E-state index in [2.05, 4.69) is 12.1 Å². The maximum absolute atomic E-state index is 13.7. The Labute approximate surface area is 189 Å². The molecule has 2 fully saturated rings. The van der Waals surface area contributed by atoms with Crippen LogP contribution in [0.4, 0.5) is 0 Å². The molecule has 0 spiro atoms. The van der Waals surface area contributed by atoms with Crippen molar-refractivity contribution in [2.24, 2.45) is 11.8 Å². The summed E-state index contributed by atoms with van der Waals surface area (Å²) in [6.07, 6.45) is 3.00. The molecule has 3 nitrogen and oxygen atoms in total. The average Bonchev–Trinajstić information content (AvgIpc) is 3.64. The van der Waals surface area contributed by atoms with Crippen LogP contribution in [0.25, 0.3) is 0 Å². The second kappa shape index (κ2) is 9.12. The van der Waals surface area contributed by atoms with E-state index in [0.717, 1.165) is 36.8 Å². The van der Waals surface area contributed by atoms with Crippen molar-refractivity contribution in [3.8, 4) is 0 Å². The molecule has 0 aromatic heterocycles. The minimum Gasteiger partial charge on any atom is -0.453 e. The van der Waals surface area contributed by atoms with Crippen LogP contribution in [0.3, 0.4) is 0 Å². The summed E-state index contributed by atoms with van der Waals surface area (Å²) in [5.74, 6) is -0.922. The van der Waals surface area contributed by atoms with Gasteiger partial charge in [0.2, 0.25) is 0 Å². The zero-order chi connectivity index (χ0) is 21.9. The van der Waals surface area contributed by atoms with Gasteiger partial charge in [0, 0.05) is 11.8 Å². The number of rotatable bonds is 8. The van der Waals surface area contributed by atoms with Crippen molar-refractivity contribution < 1.29 is 14.3 Å². The molecule has 1 aliphatic heterocycles. The van der Waals surface area contributed by atoms with Gasteiger partial charge in [-0.25, -0.2) is 0 Å². The lowest BCUT2D eigenvalue weighted by Gasteiger charge is -2.23. The van der Waals surface area contributed by atoms with Crippen molar-refractivity contribution in [2.45, 2.75) is 43.6 Å². The second-order valence-electron chi connectivity index (χ2n) is 9.05. The van der Waals surface area contributed by atoms with Crippen LogP contribution < -0.4 is 0 Å². The predicted octanol–water partition coefficient (Wildman–Crippen LogP) is 5.71. The van der Waals surface area contributed by atoms with Gasteiger partial charge < -0.3 is 4.74 Å². The molecular weight excluding hydrogens is 396 g/mol. The van der Waals surface area contributed by atoms with Crippen LogP contribution in [0.15, 0.2) is 91.0 Å². The van der Waals surface area contributed by atoms with E-state index < -0.39 is 12.0 Å². The molecule has 1 heterocycles. The van der Waals surface area contributed by atoms with Gasteiger partial charge in [-0.2, -0.15) is 0 Å². The van der Waals surface area contributed by atoms with Crippen molar-refractivity contribution in [1.82, 2.24) is 0 Å². The molecule has 4 unspecified atom stereocenters. The Balaban J connectivity index is 1.43. The number of aryl methyl sites for hydroxylation is 1. The van der Waals surface area contributed by atoms with Gasteiger partial charge in [-0.05, 0) is 48.3 Å². The Morgan fingerprint density at radius 3 is 1.91 bits per heavy atom. The van der Waals surface area contributed by atoms with Gasteiger partial charge in [0.25, 0.3) is 0 Å². The smallest absolute Gasteiger partial charge is 0.318 e. The molecule has 162 valence electrons. The first-order valence-electron chi connectivity index (χ1n) is 11.6. The van der Waals surface area contributed by atoms with Crippen molar-refractivity contribution in [2.75, 3.05) is 0 Å². The Kier molecular flexibility index (Phi) is 5.89. The summed E-state index contributed by atoms with van der Waals surface area (Å²) in [5, 5.41) is 0. The summed E-state index contributed by atoms with van der Waals surface area (Å²) in [5.41, 5.74) is 3.35. The van der Waals surface area contributed by atoms with Crippen LogP contribution in [-0.4, -0.2) is 17.9 Å². The maximum Gasteiger partial charge on any atom is 0.318 e. The first kappa shape index (κ1) is 20.7. The van der Waals surface area contributed by atoms with Gasteiger partial charge in [0.1, 0.15) is 5.92 Å². The SMILES string of the molecule is O=C1OC(C(CCc2ccccc2)c2ccccc2)C(=O)C1C(c1ccccc1)C1CC1. The van der Waals surface area contributed by atoms with Gasteiger partial charge in [0.05, 0.1) is 0 Å². The van der Waals surface area contributed by atoms with Crippen molar-refractivity contribution in [3.05, 3.63) is 108 Å². The highest BCUT2D eigenvalue weighted by molar-refractivity contribution is 6.08. The quantitative estimate of drug-likeness (QED) is 0.344. The van der Waals surface area contributed by atoms with Gasteiger partial charge in [-0.1, -0.05) is 91.0 Å². The largest absolute Gasteiger partial charge is 0.453 e. The zero-order valence-corrected chi connectivity index (χ0v) is 18.1. The first-order chi connectivity index (χ1) is 15.7. The minimum absolute atomic E-state index is 0.0438. The Morgan fingerprint density at radius 2 is 1.31 bits per heavy atom. The lowest BCUT2D eigenvalue weighted by molar-refractivity contribution is -0.145. The van der Waals surface area contributed by atoms with Crippen LogP contribution in [0, 0.1) is 11.8 Å². The van der Waals surface area contributed by atoms with E-state index in [1.165, 1.54) is 5.56 Å². The molecule has 1 saturated carbocycles. The molecule has 1 aliphatic carbocycles. The van der Waals surface area contributed by atoms with Crippen LogP contribution in [-0.2, 0) is 20.7 Å². The molecule has 3 aromatic carbocycles. The van der Waals surface area contributed by atoms with Crippen LogP contribution in [0.2, 0.25) is 0 Å². The lowest BCUT2D eigenvalue weighted by Crippen LogP contribution is -2.31. The number of cyclic esters (lactones) is 1. The molecule has 4 atom stereocenters. The number of ketones is 1. The van der Waals surface area contributed by atoms with E-state index in [-0.39, 0.29) is 23.6 Å². The van der Waals surface area contributed by atoms with Crippen molar-refractivity contribution in [1.29, 1.82) is 0 Å². The fourth-order valence-electron chi connectivity index (χ4n) is 5.18. The number of benzene rings is 3. The Morgan fingerprint density at radius 1 is 0.750 bits per heavy atom. The highest BCUT2D eigenvalue weighted by Crippen LogP contribution is 2.50. The van der Waals surface area contributed by atoms with Crippen molar-refractivity contribution in [3.63, 3.8) is 0 Å². The third-order valence-corrected chi connectivity index (χ3v) is 6.94. The monoisotopic (exact) mass is 424 g/mol. The minimum atomic E-state index is -0.719. The summed E-state index contributed by atoms with van der Waals surface area (Å²) >= 11 is 0. The van der Waals surface area contributed by atoms with E-state index in [1.54, 1.807) is 0 Å². The van der Waals surface area contributed by atoms with E-state index in [4.69, 9.17) is 4.74 Å². The normalized spacial score (nSPS) is 22.4. The molecule has 0 amide bonds. The topological polar surface area (TPSA) is 43.4 Å². The molecular formula is C29H28O3. The fraction of sp³-hybridized carbons (Fsp3) is 0.310. The third kappa shape index (κ3) is 4.25. The molecule has 32 heavy (non-hydrogen) atoms. The maximum atomic E-state index is 13.7. The molecule has 3 aromatic rings. The summed E-state index contributed by atoms with van der Waals surface area (Å²) in [7, 11) is 0. The van der Waals surface area contributed by atoms with Crippen LogP contribution >= 0.6 is 0 Å². The molecule has 1 saturated heterocycles. The van der Waals surface area contributed by atoms with E-state index in [9.17, 15) is 9.59 Å². The summed E-state index contributed by atoms with van der Waals surface area (Å²) in [6.45, 7) is 0. The predicted molar refractivity (Wildman–Crippen MR) is 124 cm³/mol. The molecule has 3 heteroatoms. The van der Waals surface area contributed by atoms with E-state index in [1.807, 2.05) is 78.9 Å². The number of hydrogen-bond donors (Lipinski definition) is 0. The van der Waals surface area contributed by atoms with Gasteiger partial charge in [-0.15, -0.1) is 0 Å². The fourth-order valence-corrected chi connectivity index (χ4v) is 5.18. The standard InChI is InChI=1S/C29H28O3/c30-27-26(25(23-17-18-23)22-14-8-3-9-15-22)29(31)32-28(27)24(21-12-6-2-7-13-21)19-16-20-10-4-1-5-11-20/h1-15,23-26,28H,16-19H2. The van der Waals surface area contributed by atoms with Gasteiger partial charge in [0.15, 0.2) is 11.9 Å². The van der Waals surface area contributed by atoms with Gasteiger partial charge >= 0.3 is 5.97 Å². The number of esters is 1. The highest BCUT2D eigenvalue weighted by atomic mass is 16.6. The Hall–Kier alpha value is -3.20. The van der Waals surface area contributed by atoms with Crippen molar-refractivity contribution >= 4 is 11.8 Å². The van der Waals surface area contributed by atoms with Crippen LogP contribution in [0.1, 0.15) is 47.8 Å². The van der Waals surface area contributed by atoms with E-state index in [0.29, 0.717) is 5.92 Å². The number of carbonyl (C=O) groups is 2. The number of ether oxygens (including phenoxy) is 1. The molecule has 0 radical (unpaired) electrons. The molecule has 2 aliphatic rings. The summed E-state index contributed by atoms with van der Waals surface area (Å²) in [6, 6.07) is 30.3.